The largest absolute Gasteiger partial charge is 0.355 e. The number of sulfonamides is 2. The number of nitrogens with one attached hydrogen (secondary N) is 2. The summed E-state index contributed by atoms with van der Waals surface area (Å²) in [5, 5.41) is 0. The van der Waals surface area contributed by atoms with Crippen molar-refractivity contribution in [1.82, 2.24) is 4.90 Å². The van der Waals surface area contributed by atoms with Crippen molar-refractivity contribution in [2.45, 2.75) is 53.5 Å². The van der Waals surface area contributed by atoms with Gasteiger partial charge in [0.15, 0.2) is 0 Å². The first kappa shape index (κ1) is 29.0. The number of rotatable bonds is 8. The molecule has 7 rings (SSSR count). The van der Waals surface area contributed by atoms with Crippen molar-refractivity contribution in [2.75, 3.05) is 16.1 Å². The van der Waals surface area contributed by atoms with Gasteiger partial charge in [-0.1, -0.05) is 60.7 Å². The normalized spacial score (nSPS) is 28.1. The minimum Gasteiger partial charge on any atom is -0.355 e. The zero-order valence-electron chi connectivity index (χ0n) is 24.0. The second kappa shape index (κ2) is 10.4. The van der Waals surface area contributed by atoms with E-state index >= 15 is 0 Å². The van der Waals surface area contributed by atoms with Crippen molar-refractivity contribution < 1.29 is 31.0 Å². The molecule has 0 aliphatic carbocycles. The summed E-state index contributed by atoms with van der Waals surface area (Å²) in [5.41, 5.74) is 0.780. The smallest absolute Gasteiger partial charge is 0.261 e. The molecule has 0 spiro atoms. The third kappa shape index (κ3) is 4.78. The Morgan fingerprint density at radius 3 is 1.50 bits per heavy atom. The highest BCUT2D eigenvalue weighted by Crippen LogP contribution is 2.55. The first-order valence-electron chi connectivity index (χ1n) is 14.1. The van der Waals surface area contributed by atoms with Crippen molar-refractivity contribution in [1.29, 1.82) is 0 Å². The van der Waals surface area contributed by atoms with Crippen LogP contribution in [-0.4, -0.2) is 47.0 Å². The van der Waals surface area contributed by atoms with Crippen LogP contribution in [0.3, 0.4) is 0 Å². The summed E-state index contributed by atoms with van der Waals surface area (Å²) in [6, 6.07) is 30.6. The van der Waals surface area contributed by atoms with Crippen LogP contribution in [0.25, 0.3) is 0 Å². The van der Waals surface area contributed by atoms with Gasteiger partial charge in [-0.05, 0) is 73.5 Å². The molecular weight excluding hydrogens is 603 g/mol. The van der Waals surface area contributed by atoms with Gasteiger partial charge in [0.2, 0.25) is 0 Å². The van der Waals surface area contributed by atoms with E-state index in [1.54, 1.807) is 84.9 Å². The molecule has 4 aromatic carbocycles. The lowest BCUT2D eigenvalue weighted by atomic mass is 9.93. The molecule has 10 nitrogen and oxygen atoms in total. The number of ether oxygens (including phenoxy) is 3. The fraction of sp³-hybridized carbons (Fsp3) is 0.250. The Morgan fingerprint density at radius 1 is 0.614 bits per heavy atom. The second-order valence-electron chi connectivity index (χ2n) is 11.4. The molecule has 3 saturated heterocycles. The standard InChI is InChI=1S/C32H31N3O7S2/c1-31(22-13-17-24(18-14-22)33-43(36,37)26-9-5-3-6-10-26)29-35-28(21-40-29)41-32(2,30(35)42-31)23-15-19-25(20-16-23)34-44(38,39)27-11-7-4-8-12-27/h3-20,28-30,33-34H,21H2,1-2H3/t28-,29-,30-,31-,32+/m0/s1. The van der Waals surface area contributed by atoms with Crippen molar-refractivity contribution in [3.8, 4) is 0 Å². The second-order valence-corrected chi connectivity index (χ2v) is 14.7. The van der Waals surface area contributed by atoms with E-state index in [1.165, 1.54) is 0 Å². The van der Waals surface area contributed by atoms with Gasteiger partial charge in [-0.3, -0.25) is 9.44 Å². The van der Waals surface area contributed by atoms with Crippen LogP contribution >= 0.6 is 0 Å². The molecule has 3 fully saturated rings. The summed E-state index contributed by atoms with van der Waals surface area (Å²) in [6.45, 7) is 4.28. The van der Waals surface area contributed by atoms with Crippen LogP contribution in [0.1, 0.15) is 25.0 Å². The fourth-order valence-corrected chi connectivity index (χ4v) is 8.34. The third-order valence-corrected chi connectivity index (χ3v) is 11.3. The first-order chi connectivity index (χ1) is 21.0. The minimum atomic E-state index is -3.72. The summed E-state index contributed by atoms with van der Waals surface area (Å²) in [4.78, 5) is 2.46. The van der Waals surface area contributed by atoms with E-state index in [-0.39, 0.29) is 16.0 Å². The maximum Gasteiger partial charge on any atom is 0.261 e. The number of benzene rings is 4. The highest BCUT2D eigenvalue weighted by molar-refractivity contribution is 7.93. The van der Waals surface area contributed by atoms with Crippen LogP contribution in [-0.2, 0) is 45.5 Å². The molecule has 44 heavy (non-hydrogen) atoms. The molecule has 228 valence electrons. The lowest BCUT2D eigenvalue weighted by Crippen LogP contribution is -2.40. The molecule has 0 unspecified atom stereocenters. The van der Waals surface area contributed by atoms with Gasteiger partial charge < -0.3 is 14.2 Å². The molecule has 0 radical (unpaired) electrons. The van der Waals surface area contributed by atoms with Crippen molar-refractivity contribution >= 4 is 31.4 Å². The van der Waals surface area contributed by atoms with Crippen LogP contribution in [0.5, 0.6) is 0 Å². The topological polar surface area (TPSA) is 123 Å². The average molecular weight is 634 g/mol. The Bertz CT molecular complexity index is 1780. The SMILES string of the molecule is C[C@@]1(c2ccc(NS(=O)(=O)c3ccccc3)cc2)O[C@@H]2N3[C@H](CO[C@H]31)O[C@]2(C)c1ccc(NS(=O)(=O)c2ccccc2)cc1. The van der Waals surface area contributed by atoms with Crippen LogP contribution in [0, 0.1) is 0 Å². The summed E-state index contributed by atoms with van der Waals surface area (Å²) in [7, 11) is -7.45. The molecule has 0 aromatic heterocycles. The minimum absolute atomic E-state index is 0.183. The van der Waals surface area contributed by atoms with E-state index in [0.717, 1.165) is 11.1 Å². The molecule has 0 saturated carbocycles. The number of nitrogens with zero attached hydrogens (tertiary/aromatic N) is 1. The summed E-state index contributed by atoms with van der Waals surface area (Å²) in [6.07, 6.45) is -1.25. The zero-order chi connectivity index (χ0) is 30.7. The van der Waals surface area contributed by atoms with E-state index < -0.39 is 43.7 Å². The van der Waals surface area contributed by atoms with Gasteiger partial charge in [0.05, 0.1) is 16.4 Å². The van der Waals surface area contributed by atoms with Gasteiger partial charge >= 0.3 is 0 Å². The first-order valence-corrected chi connectivity index (χ1v) is 17.1. The van der Waals surface area contributed by atoms with E-state index in [1.807, 2.05) is 38.1 Å². The maximum absolute atomic E-state index is 12.8. The lowest BCUT2D eigenvalue weighted by molar-refractivity contribution is -0.138. The highest BCUT2D eigenvalue weighted by atomic mass is 32.2. The summed E-state index contributed by atoms with van der Waals surface area (Å²) < 4.78 is 75.9. The fourth-order valence-electron chi connectivity index (χ4n) is 6.18. The van der Waals surface area contributed by atoms with E-state index in [4.69, 9.17) is 14.2 Å². The van der Waals surface area contributed by atoms with Gasteiger partial charge in [0, 0.05) is 11.4 Å². The molecular formula is C32H31N3O7S2. The molecule has 3 aliphatic rings. The van der Waals surface area contributed by atoms with E-state index in [2.05, 4.69) is 14.3 Å². The Hall–Kier alpha value is -3.78. The molecule has 2 N–H and O–H groups in total. The predicted molar refractivity (Wildman–Crippen MR) is 163 cm³/mol. The van der Waals surface area contributed by atoms with Gasteiger partial charge in [-0.15, -0.1) is 0 Å². The van der Waals surface area contributed by atoms with Gasteiger partial charge in [0.1, 0.15) is 29.9 Å². The average Bonchev–Trinajstić information content (AvgIpc) is 3.67. The Balaban J connectivity index is 1.11. The Morgan fingerprint density at radius 2 is 1.05 bits per heavy atom. The molecule has 0 amide bonds. The van der Waals surface area contributed by atoms with E-state index in [9.17, 15) is 16.8 Å². The van der Waals surface area contributed by atoms with Crippen LogP contribution in [0.15, 0.2) is 119 Å². The van der Waals surface area contributed by atoms with Crippen LogP contribution < -0.4 is 9.44 Å². The van der Waals surface area contributed by atoms with Crippen LogP contribution in [0.4, 0.5) is 11.4 Å². The maximum atomic E-state index is 12.8. The predicted octanol–water partition coefficient (Wildman–Crippen LogP) is 4.79. The Labute approximate surface area is 256 Å². The highest BCUT2D eigenvalue weighted by Gasteiger charge is 2.68. The van der Waals surface area contributed by atoms with Crippen molar-refractivity contribution in [3.05, 3.63) is 120 Å². The molecule has 12 heteroatoms. The molecule has 4 aromatic rings. The van der Waals surface area contributed by atoms with Crippen molar-refractivity contribution in [3.63, 3.8) is 0 Å². The van der Waals surface area contributed by atoms with Crippen LogP contribution in [0.2, 0.25) is 0 Å². The number of anilines is 2. The van der Waals surface area contributed by atoms with Crippen molar-refractivity contribution in [2.24, 2.45) is 0 Å². The third-order valence-electron chi connectivity index (χ3n) is 8.48. The van der Waals surface area contributed by atoms with Gasteiger partial charge in [0.25, 0.3) is 20.0 Å². The summed E-state index contributed by atoms with van der Waals surface area (Å²) in [5.74, 6) is 0. The van der Waals surface area contributed by atoms with Gasteiger partial charge in [-0.25, -0.2) is 21.7 Å². The monoisotopic (exact) mass is 633 g/mol. The quantitative estimate of drug-likeness (QED) is 0.284. The number of hydrogen-bond donors (Lipinski definition) is 2. The summed E-state index contributed by atoms with van der Waals surface area (Å²) >= 11 is 0. The number of hydrogen-bond acceptors (Lipinski definition) is 8. The molecule has 3 aliphatic heterocycles. The lowest BCUT2D eigenvalue weighted by Gasteiger charge is -2.33. The molecule has 3 heterocycles. The van der Waals surface area contributed by atoms with E-state index in [0.29, 0.717) is 18.0 Å². The van der Waals surface area contributed by atoms with Gasteiger partial charge in [-0.2, -0.15) is 0 Å². The Kier molecular flexibility index (Phi) is 6.85. The molecule has 0 bridgehead atoms. The zero-order valence-corrected chi connectivity index (χ0v) is 25.6. The molecule has 5 atom stereocenters.